The minimum atomic E-state index is 0.305. The number of aromatic nitrogens is 4. The molecule has 2 aromatic rings. The number of halogens is 1. The Labute approximate surface area is 121 Å². The Hall–Kier alpha value is -1.40. The molecule has 2 unspecified atom stereocenters. The molecule has 0 spiro atoms. The Kier molecular flexibility index (Phi) is 2.82. The monoisotopic (exact) mass is 293 g/mol. The van der Waals surface area contributed by atoms with Crippen LogP contribution in [-0.4, -0.2) is 38.3 Å². The maximum atomic E-state index is 6.18. The van der Waals surface area contributed by atoms with Gasteiger partial charge in [0.1, 0.15) is 17.3 Å². The maximum Gasteiger partial charge on any atom is 0.255 e. The first-order valence-electron chi connectivity index (χ1n) is 6.98. The Bertz CT molecular complexity index is 653. The molecule has 2 fully saturated rings. The largest absolute Gasteiger partial charge is 0.376 e. The highest BCUT2D eigenvalue weighted by molar-refractivity contribution is 6.30. The summed E-state index contributed by atoms with van der Waals surface area (Å²) >= 11 is 6.18. The molecule has 0 radical (unpaired) electrons. The van der Waals surface area contributed by atoms with Gasteiger partial charge in [-0.2, -0.15) is 19.6 Å². The molecule has 1 N–H and O–H groups in total. The second-order valence-electron chi connectivity index (χ2n) is 5.56. The molecular formula is C13H16ClN5O. The third-order valence-electron chi connectivity index (χ3n) is 4.15. The summed E-state index contributed by atoms with van der Waals surface area (Å²) < 4.78 is 7.58. The van der Waals surface area contributed by atoms with Crippen LogP contribution in [0.4, 0.5) is 5.82 Å². The van der Waals surface area contributed by atoms with Crippen molar-refractivity contribution >= 4 is 23.2 Å². The van der Waals surface area contributed by atoms with Gasteiger partial charge in [0.25, 0.3) is 5.78 Å². The van der Waals surface area contributed by atoms with Crippen molar-refractivity contribution < 1.29 is 4.74 Å². The minimum Gasteiger partial charge on any atom is -0.376 e. The molecule has 4 rings (SSSR count). The molecule has 6 nitrogen and oxygen atoms in total. The van der Waals surface area contributed by atoms with Crippen molar-refractivity contribution in [1.82, 2.24) is 19.6 Å². The smallest absolute Gasteiger partial charge is 0.255 e. The maximum absolute atomic E-state index is 6.18. The van der Waals surface area contributed by atoms with Crippen LogP contribution in [0.15, 0.2) is 6.33 Å². The quantitative estimate of drug-likeness (QED) is 0.878. The van der Waals surface area contributed by atoms with Crippen LogP contribution in [-0.2, 0) is 4.74 Å². The molecule has 7 heteroatoms. The lowest BCUT2D eigenvalue weighted by Crippen LogP contribution is -2.32. The van der Waals surface area contributed by atoms with E-state index in [0.717, 1.165) is 24.4 Å². The van der Waals surface area contributed by atoms with Crippen LogP contribution in [0.3, 0.4) is 0 Å². The molecule has 2 aliphatic rings. The van der Waals surface area contributed by atoms with Gasteiger partial charge < -0.3 is 10.1 Å². The highest BCUT2D eigenvalue weighted by Crippen LogP contribution is 2.40. The average Bonchev–Trinajstić information content (AvgIpc) is 2.99. The predicted octanol–water partition coefficient (Wildman–Crippen LogP) is 2.07. The lowest BCUT2D eigenvalue weighted by atomic mass is 10.1. The molecule has 0 amide bonds. The molecule has 2 aromatic heterocycles. The van der Waals surface area contributed by atoms with Crippen LogP contribution in [0, 0.1) is 12.8 Å². The van der Waals surface area contributed by atoms with Gasteiger partial charge in [-0.3, -0.25) is 0 Å². The third-order valence-corrected chi connectivity index (χ3v) is 4.52. The SMILES string of the molecule is Cc1c(Cl)nc2ncnn2c1NC1CCOC1C1CC1. The normalized spacial score (nSPS) is 26.3. The number of rotatable bonds is 3. The van der Waals surface area contributed by atoms with E-state index in [-0.39, 0.29) is 0 Å². The summed E-state index contributed by atoms with van der Waals surface area (Å²) in [5.41, 5.74) is 0.895. The van der Waals surface area contributed by atoms with Crippen LogP contribution < -0.4 is 5.32 Å². The van der Waals surface area contributed by atoms with Crippen molar-refractivity contribution in [3.8, 4) is 0 Å². The van der Waals surface area contributed by atoms with E-state index in [4.69, 9.17) is 16.3 Å². The fraction of sp³-hybridized carbons (Fsp3) is 0.615. The molecule has 0 bridgehead atoms. The van der Waals surface area contributed by atoms with Crippen LogP contribution >= 0.6 is 11.6 Å². The van der Waals surface area contributed by atoms with E-state index in [1.807, 2.05) is 6.92 Å². The zero-order chi connectivity index (χ0) is 13.7. The first kappa shape index (κ1) is 12.3. The van der Waals surface area contributed by atoms with Gasteiger partial charge in [-0.1, -0.05) is 11.6 Å². The van der Waals surface area contributed by atoms with Gasteiger partial charge in [0.15, 0.2) is 0 Å². The highest BCUT2D eigenvalue weighted by Gasteiger charge is 2.41. The zero-order valence-corrected chi connectivity index (χ0v) is 12.0. The second kappa shape index (κ2) is 4.56. The standard InChI is InChI=1S/C13H16ClN5O/c1-7-11(14)18-13-15-6-16-19(13)12(7)17-9-4-5-20-10(9)8-2-3-8/h6,8-10,17H,2-5H2,1H3. The molecule has 1 saturated carbocycles. The van der Waals surface area contributed by atoms with Crippen molar-refractivity contribution in [2.24, 2.45) is 5.92 Å². The van der Waals surface area contributed by atoms with Gasteiger partial charge in [-0.15, -0.1) is 0 Å². The first-order valence-corrected chi connectivity index (χ1v) is 7.36. The van der Waals surface area contributed by atoms with Gasteiger partial charge in [0.2, 0.25) is 0 Å². The van der Waals surface area contributed by atoms with E-state index >= 15 is 0 Å². The molecule has 106 valence electrons. The summed E-state index contributed by atoms with van der Waals surface area (Å²) in [5, 5.41) is 8.26. The van der Waals surface area contributed by atoms with E-state index < -0.39 is 0 Å². The van der Waals surface area contributed by atoms with E-state index in [1.54, 1.807) is 4.52 Å². The number of fused-ring (bicyclic) bond motifs is 1. The number of nitrogens with one attached hydrogen (secondary N) is 1. The fourth-order valence-corrected chi connectivity index (χ4v) is 3.06. The van der Waals surface area contributed by atoms with E-state index in [9.17, 15) is 0 Å². The molecule has 20 heavy (non-hydrogen) atoms. The number of hydrogen-bond acceptors (Lipinski definition) is 5. The summed E-state index contributed by atoms with van der Waals surface area (Å²) in [4.78, 5) is 8.33. The van der Waals surface area contributed by atoms with E-state index in [1.165, 1.54) is 19.2 Å². The highest BCUT2D eigenvalue weighted by atomic mass is 35.5. The van der Waals surface area contributed by atoms with Gasteiger partial charge in [0.05, 0.1) is 12.1 Å². The number of anilines is 1. The Balaban J connectivity index is 1.70. The third kappa shape index (κ3) is 1.94. The van der Waals surface area contributed by atoms with Crippen LogP contribution in [0.1, 0.15) is 24.8 Å². The summed E-state index contributed by atoms with van der Waals surface area (Å²) in [6, 6.07) is 0.312. The summed E-state index contributed by atoms with van der Waals surface area (Å²) in [5.74, 6) is 2.10. The zero-order valence-electron chi connectivity index (χ0n) is 11.2. The van der Waals surface area contributed by atoms with Crippen LogP contribution in [0.2, 0.25) is 5.15 Å². The lowest BCUT2D eigenvalue weighted by molar-refractivity contribution is 0.0897. The summed E-state index contributed by atoms with van der Waals surface area (Å²) in [6.45, 7) is 2.76. The average molecular weight is 294 g/mol. The Morgan fingerprint density at radius 1 is 1.40 bits per heavy atom. The summed E-state index contributed by atoms with van der Waals surface area (Å²) in [6.07, 6.45) is 5.36. The number of hydrogen-bond donors (Lipinski definition) is 1. The van der Waals surface area contributed by atoms with Gasteiger partial charge in [-0.25, -0.2) is 0 Å². The Morgan fingerprint density at radius 3 is 3.05 bits per heavy atom. The van der Waals surface area contributed by atoms with Crippen molar-refractivity contribution in [3.63, 3.8) is 0 Å². The van der Waals surface area contributed by atoms with E-state index in [0.29, 0.717) is 29.0 Å². The van der Waals surface area contributed by atoms with Gasteiger partial charge in [0, 0.05) is 12.2 Å². The number of ether oxygens (including phenoxy) is 1. The number of nitrogens with zero attached hydrogens (tertiary/aromatic N) is 4. The molecular weight excluding hydrogens is 278 g/mol. The van der Waals surface area contributed by atoms with Crippen LogP contribution in [0.5, 0.6) is 0 Å². The second-order valence-corrected chi connectivity index (χ2v) is 5.92. The Morgan fingerprint density at radius 2 is 2.25 bits per heavy atom. The molecule has 0 aromatic carbocycles. The molecule has 2 atom stereocenters. The molecule has 1 aliphatic heterocycles. The fourth-order valence-electron chi connectivity index (χ4n) is 2.90. The van der Waals surface area contributed by atoms with Crippen molar-refractivity contribution in [2.75, 3.05) is 11.9 Å². The lowest BCUT2D eigenvalue weighted by Gasteiger charge is -2.22. The van der Waals surface area contributed by atoms with Crippen molar-refractivity contribution in [1.29, 1.82) is 0 Å². The van der Waals surface area contributed by atoms with Crippen molar-refractivity contribution in [3.05, 3.63) is 17.0 Å². The molecule has 1 aliphatic carbocycles. The van der Waals surface area contributed by atoms with Crippen LogP contribution in [0.25, 0.3) is 5.78 Å². The topological polar surface area (TPSA) is 64.3 Å². The first-order chi connectivity index (χ1) is 9.74. The minimum absolute atomic E-state index is 0.305. The molecule has 3 heterocycles. The predicted molar refractivity (Wildman–Crippen MR) is 75.0 cm³/mol. The summed E-state index contributed by atoms with van der Waals surface area (Å²) in [7, 11) is 0. The van der Waals surface area contributed by atoms with Gasteiger partial charge >= 0.3 is 0 Å². The van der Waals surface area contributed by atoms with E-state index in [2.05, 4.69) is 20.4 Å². The van der Waals surface area contributed by atoms with Gasteiger partial charge in [-0.05, 0) is 32.1 Å². The molecule has 1 saturated heterocycles. The van der Waals surface area contributed by atoms with Crippen molar-refractivity contribution in [2.45, 2.75) is 38.3 Å².